The van der Waals surface area contributed by atoms with Gasteiger partial charge in [0.15, 0.2) is 0 Å². The van der Waals surface area contributed by atoms with Gasteiger partial charge < -0.3 is 5.11 Å². The Kier molecular flexibility index (Phi) is 3.75. The predicted molar refractivity (Wildman–Crippen MR) is 94.1 cm³/mol. The van der Waals surface area contributed by atoms with Gasteiger partial charge in [0.05, 0.1) is 0 Å². The lowest BCUT2D eigenvalue weighted by Crippen LogP contribution is -2.42. The number of hydrogen-bond acceptors (Lipinski definition) is 3. The molecule has 124 valence electrons. The van der Waals surface area contributed by atoms with Crippen molar-refractivity contribution in [3.63, 3.8) is 0 Å². The van der Waals surface area contributed by atoms with E-state index in [1.54, 1.807) is 11.8 Å². The van der Waals surface area contributed by atoms with Crippen molar-refractivity contribution in [1.82, 2.24) is 0 Å². The SMILES string of the molecule is CCSc1cc2c(cc1O)CC[C@@H]1[C@@H]2CC[C@]2(C)C(=O)CC[C@@H]12. The summed E-state index contributed by atoms with van der Waals surface area (Å²) in [5, 5.41) is 10.3. The third-order valence-electron chi connectivity index (χ3n) is 6.81. The van der Waals surface area contributed by atoms with E-state index in [9.17, 15) is 9.90 Å². The Morgan fingerprint density at radius 3 is 2.87 bits per heavy atom. The van der Waals surface area contributed by atoms with Crippen molar-refractivity contribution >= 4 is 17.5 Å². The topological polar surface area (TPSA) is 37.3 Å². The molecular formula is C20H26O2S. The van der Waals surface area contributed by atoms with Gasteiger partial charge in [0.2, 0.25) is 0 Å². The van der Waals surface area contributed by atoms with Gasteiger partial charge in [0, 0.05) is 16.7 Å². The molecule has 0 radical (unpaired) electrons. The number of carbonyl (C=O) groups excluding carboxylic acids is 1. The number of carbonyl (C=O) groups is 1. The second-order valence-electron chi connectivity index (χ2n) is 7.79. The van der Waals surface area contributed by atoms with Crippen molar-refractivity contribution in [3.05, 3.63) is 23.3 Å². The van der Waals surface area contributed by atoms with Gasteiger partial charge in [0.25, 0.3) is 0 Å². The molecule has 3 heteroatoms. The van der Waals surface area contributed by atoms with Crippen LogP contribution in [0.5, 0.6) is 5.75 Å². The zero-order chi connectivity index (χ0) is 16.2. The lowest BCUT2D eigenvalue weighted by molar-refractivity contribution is -0.129. The molecule has 4 atom stereocenters. The Bertz CT molecular complexity index is 653. The molecule has 0 amide bonds. The number of thioether (sulfide) groups is 1. The zero-order valence-corrected chi connectivity index (χ0v) is 14.9. The molecule has 3 aliphatic carbocycles. The highest BCUT2D eigenvalue weighted by atomic mass is 32.2. The van der Waals surface area contributed by atoms with Crippen LogP contribution in [0.2, 0.25) is 0 Å². The van der Waals surface area contributed by atoms with E-state index in [2.05, 4.69) is 19.9 Å². The number of ketones is 1. The lowest BCUT2D eigenvalue weighted by Gasteiger charge is -2.48. The summed E-state index contributed by atoms with van der Waals surface area (Å²) in [6, 6.07) is 4.27. The molecule has 0 bridgehead atoms. The number of phenols is 1. The van der Waals surface area contributed by atoms with Gasteiger partial charge in [-0.2, -0.15) is 0 Å². The Hall–Kier alpha value is -0.960. The molecule has 0 spiro atoms. The van der Waals surface area contributed by atoms with Gasteiger partial charge in [0.1, 0.15) is 11.5 Å². The molecule has 1 aromatic carbocycles. The van der Waals surface area contributed by atoms with E-state index in [4.69, 9.17) is 0 Å². The number of hydrogen-bond donors (Lipinski definition) is 1. The first kappa shape index (κ1) is 15.6. The van der Waals surface area contributed by atoms with Gasteiger partial charge in [-0.3, -0.25) is 4.79 Å². The third-order valence-corrected chi connectivity index (χ3v) is 7.74. The molecule has 2 nitrogen and oxygen atoms in total. The quantitative estimate of drug-likeness (QED) is 0.781. The van der Waals surface area contributed by atoms with Crippen molar-refractivity contribution in [2.24, 2.45) is 17.3 Å². The number of fused-ring (bicyclic) bond motifs is 5. The van der Waals surface area contributed by atoms with Crippen LogP contribution in [0, 0.1) is 17.3 Å². The van der Waals surface area contributed by atoms with Gasteiger partial charge in [-0.25, -0.2) is 0 Å². The van der Waals surface area contributed by atoms with Crippen LogP contribution in [-0.2, 0) is 11.2 Å². The highest BCUT2D eigenvalue weighted by molar-refractivity contribution is 7.99. The molecule has 0 aliphatic heterocycles. The monoisotopic (exact) mass is 330 g/mol. The second-order valence-corrected chi connectivity index (χ2v) is 9.09. The molecule has 4 rings (SSSR count). The lowest BCUT2D eigenvalue weighted by atomic mass is 9.55. The number of benzene rings is 1. The van der Waals surface area contributed by atoms with Crippen molar-refractivity contribution < 1.29 is 9.90 Å². The summed E-state index contributed by atoms with van der Waals surface area (Å²) in [6.07, 6.45) is 6.32. The maximum absolute atomic E-state index is 12.4. The summed E-state index contributed by atoms with van der Waals surface area (Å²) in [5.74, 6) is 3.79. The summed E-state index contributed by atoms with van der Waals surface area (Å²) >= 11 is 1.73. The van der Waals surface area contributed by atoms with Crippen LogP contribution >= 0.6 is 11.8 Å². The molecule has 3 aliphatic rings. The number of rotatable bonds is 2. The van der Waals surface area contributed by atoms with Crippen molar-refractivity contribution in [2.75, 3.05) is 5.75 Å². The molecule has 1 aromatic rings. The number of aryl methyl sites for hydroxylation is 1. The molecule has 23 heavy (non-hydrogen) atoms. The number of Topliss-reactive ketones (excluding diaryl/α,β-unsaturated/α-hetero) is 1. The van der Waals surface area contributed by atoms with E-state index < -0.39 is 0 Å². The summed E-state index contributed by atoms with van der Waals surface area (Å²) < 4.78 is 0. The van der Waals surface area contributed by atoms with Crippen LogP contribution in [0.15, 0.2) is 17.0 Å². The molecule has 0 unspecified atom stereocenters. The van der Waals surface area contributed by atoms with Gasteiger partial charge in [-0.05, 0) is 78.9 Å². The standard InChI is InChI=1S/C20H26O2S/c1-3-23-18-11-15-12(10-17(18)21)4-5-14-13(15)8-9-20(2)16(14)6-7-19(20)22/h10-11,13-14,16,21H,3-9H2,1-2H3/t13-,14+,16-,20-/m0/s1. The first-order valence-corrected chi connectivity index (χ1v) is 10.0. The normalized spacial score (nSPS) is 35.6. The number of aromatic hydroxyl groups is 1. The van der Waals surface area contributed by atoms with Gasteiger partial charge in [-0.1, -0.05) is 13.8 Å². The third kappa shape index (κ3) is 2.26. The van der Waals surface area contributed by atoms with E-state index >= 15 is 0 Å². The van der Waals surface area contributed by atoms with E-state index in [1.165, 1.54) is 17.5 Å². The minimum Gasteiger partial charge on any atom is -0.507 e. The van der Waals surface area contributed by atoms with Crippen molar-refractivity contribution in [2.45, 2.75) is 63.2 Å². The Labute approximate surface area is 143 Å². The maximum atomic E-state index is 12.4. The zero-order valence-electron chi connectivity index (χ0n) is 14.1. The van der Waals surface area contributed by atoms with E-state index in [1.807, 2.05) is 6.07 Å². The van der Waals surface area contributed by atoms with Gasteiger partial charge >= 0.3 is 0 Å². The summed E-state index contributed by atoms with van der Waals surface area (Å²) in [5.41, 5.74) is 2.77. The Morgan fingerprint density at radius 2 is 2.09 bits per heavy atom. The molecule has 2 fully saturated rings. The first-order chi connectivity index (χ1) is 11.0. The molecule has 0 saturated heterocycles. The van der Waals surface area contributed by atoms with E-state index in [-0.39, 0.29) is 5.41 Å². The highest BCUT2D eigenvalue weighted by Crippen LogP contribution is 2.59. The van der Waals surface area contributed by atoms with Crippen LogP contribution in [-0.4, -0.2) is 16.6 Å². The second kappa shape index (κ2) is 5.54. The van der Waals surface area contributed by atoms with Crippen molar-refractivity contribution in [1.29, 1.82) is 0 Å². The summed E-state index contributed by atoms with van der Waals surface area (Å²) in [6.45, 7) is 4.36. The van der Waals surface area contributed by atoms with Crippen LogP contribution in [0.4, 0.5) is 0 Å². The molecule has 0 heterocycles. The maximum Gasteiger partial charge on any atom is 0.139 e. The smallest absolute Gasteiger partial charge is 0.139 e. The minimum absolute atomic E-state index is 0.0451. The largest absolute Gasteiger partial charge is 0.507 e. The Morgan fingerprint density at radius 1 is 1.26 bits per heavy atom. The summed E-state index contributed by atoms with van der Waals surface area (Å²) in [7, 11) is 0. The number of phenolic OH excluding ortho intramolecular Hbond substituents is 1. The first-order valence-electron chi connectivity index (χ1n) is 9.06. The van der Waals surface area contributed by atoms with E-state index in [0.29, 0.717) is 29.3 Å². The van der Waals surface area contributed by atoms with Gasteiger partial charge in [-0.15, -0.1) is 11.8 Å². The fraction of sp³-hybridized carbons (Fsp3) is 0.650. The highest BCUT2D eigenvalue weighted by Gasteiger charge is 2.54. The van der Waals surface area contributed by atoms with Crippen LogP contribution in [0.1, 0.15) is 63.0 Å². The minimum atomic E-state index is -0.0451. The predicted octanol–water partition coefficient (Wildman–Crippen LogP) is 4.93. The molecular weight excluding hydrogens is 304 g/mol. The average Bonchev–Trinajstić information content (AvgIpc) is 2.84. The van der Waals surface area contributed by atoms with Crippen LogP contribution in [0.25, 0.3) is 0 Å². The average molecular weight is 330 g/mol. The van der Waals surface area contributed by atoms with E-state index in [0.717, 1.165) is 42.8 Å². The fourth-order valence-corrected chi connectivity index (χ4v) is 6.36. The molecule has 0 aromatic heterocycles. The molecule has 2 saturated carbocycles. The summed E-state index contributed by atoms with van der Waals surface area (Å²) in [4.78, 5) is 13.4. The van der Waals surface area contributed by atoms with Crippen molar-refractivity contribution in [3.8, 4) is 5.75 Å². The fourth-order valence-electron chi connectivity index (χ4n) is 5.63. The van der Waals surface area contributed by atoms with Crippen LogP contribution < -0.4 is 0 Å². The molecule has 1 N–H and O–H groups in total. The Balaban J connectivity index is 1.71. The van der Waals surface area contributed by atoms with Crippen LogP contribution in [0.3, 0.4) is 0 Å².